The van der Waals surface area contributed by atoms with Crippen molar-refractivity contribution in [3.8, 4) is 0 Å². The van der Waals surface area contributed by atoms with Crippen molar-refractivity contribution in [1.29, 1.82) is 0 Å². The number of hydrogen-bond acceptors (Lipinski definition) is 4. The lowest BCUT2D eigenvalue weighted by Gasteiger charge is -2.20. The molecule has 0 saturated carbocycles. The molecule has 0 aliphatic carbocycles. The summed E-state index contributed by atoms with van der Waals surface area (Å²) in [7, 11) is 0. The SMILES string of the molecule is CCCCCCCC/C=C/C/C=C/C=C/C(O)CCCC(=O)N[C@@H](CO)[C@H](O)/C=C/CCCCCCCCCCC. The van der Waals surface area contributed by atoms with E-state index in [4.69, 9.17) is 0 Å². The quantitative estimate of drug-likeness (QED) is 0.0408. The van der Waals surface area contributed by atoms with Crippen molar-refractivity contribution in [2.75, 3.05) is 6.61 Å². The summed E-state index contributed by atoms with van der Waals surface area (Å²) >= 11 is 0. The predicted molar refractivity (Wildman–Crippen MR) is 176 cm³/mol. The van der Waals surface area contributed by atoms with Gasteiger partial charge in [0, 0.05) is 6.42 Å². The second-order valence-corrected chi connectivity index (χ2v) is 11.4. The molecule has 4 N–H and O–H groups in total. The molecule has 0 heterocycles. The Hall–Kier alpha value is -1.69. The first kappa shape index (κ1) is 39.3. The summed E-state index contributed by atoms with van der Waals surface area (Å²) in [4.78, 5) is 12.3. The van der Waals surface area contributed by atoms with Gasteiger partial charge in [-0.1, -0.05) is 146 Å². The second kappa shape index (κ2) is 31.3. The molecule has 0 spiro atoms. The molecule has 0 radical (unpaired) electrons. The van der Waals surface area contributed by atoms with Crippen LogP contribution in [0.15, 0.2) is 48.6 Å². The lowest BCUT2D eigenvalue weighted by molar-refractivity contribution is -0.123. The zero-order chi connectivity index (χ0) is 30.2. The number of nitrogens with one attached hydrogen (secondary N) is 1. The fourth-order valence-electron chi connectivity index (χ4n) is 4.71. The van der Waals surface area contributed by atoms with Gasteiger partial charge in [-0.15, -0.1) is 0 Å². The lowest BCUT2D eigenvalue weighted by Crippen LogP contribution is -2.45. The number of rotatable bonds is 29. The first-order valence-corrected chi connectivity index (χ1v) is 17.0. The van der Waals surface area contributed by atoms with E-state index in [2.05, 4.69) is 37.4 Å². The third-order valence-electron chi connectivity index (χ3n) is 7.41. The minimum Gasteiger partial charge on any atom is -0.394 e. The molecule has 0 aliphatic rings. The van der Waals surface area contributed by atoms with Crippen molar-refractivity contribution < 1.29 is 20.1 Å². The summed E-state index contributed by atoms with van der Waals surface area (Å²) < 4.78 is 0. The monoisotopic (exact) mass is 575 g/mol. The Labute approximate surface area is 253 Å². The largest absolute Gasteiger partial charge is 0.394 e. The Morgan fingerprint density at radius 1 is 0.659 bits per heavy atom. The normalized spacial score (nSPS) is 14.6. The highest BCUT2D eigenvalue weighted by atomic mass is 16.3. The minimum atomic E-state index is -0.909. The maximum Gasteiger partial charge on any atom is 0.220 e. The summed E-state index contributed by atoms with van der Waals surface area (Å²) in [5, 5.41) is 32.8. The Balaban J connectivity index is 3.91. The Kier molecular flexibility index (Phi) is 30.0. The summed E-state index contributed by atoms with van der Waals surface area (Å²) in [5.74, 6) is -0.223. The van der Waals surface area contributed by atoms with Gasteiger partial charge in [-0.2, -0.15) is 0 Å². The zero-order valence-corrected chi connectivity index (χ0v) is 26.7. The van der Waals surface area contributed by atoms with E-state index in [-0.39, 0.29) is 18.9 Å². The van der Waals surface area contributed by atoms with Gasteiger partial charge in [-0.3, -0.25) is 4.79 Å². The average Bonchev–Trinajstić information content (AvgIpc) is 2.96. The van der Waals surface area contributed by atoms with Crippen molar-refractivity contribution in [2.45, 2.75) is 167 Å². The van der Waals surface area contributed by atoms with Gasteiger partial charge in [0.05, 0.1) is 24.9 Å². The average molecular weight is 576 g/mol. The van der Waals surface area contributed by atoms with Crippen molar-refractivity contribution in [2.24, 2.45) is 0 Å². The number of carbonyl (C=O) groups is 1. The van der Waals surface area contributed by atoms with Gasteiger partial charge in [-0.05, 0) is 44.9 Å². The van der Waals surface area contributed by atoms with E-state index in [1.54, 1.807) is 12.2 Å². The summed E-state index contributed by atoms with van der Waals surface area (Å²) in [6.45, 7) is 4.17. The predicted octanol–water partition coefficient (Wildman–Crippen LogP) is 8.64. The maximum atomic E-state index is 12.3. The van der Waals surface area contributed by atoms with Crippen LogP contribution in [0.2, 0.25) is 0 Å². The molecule has 0 saturated heterocycles. The molecule has 1 unspecified atom stereocenters. The van der Waals surface area contributed by atoms with Gasteiger partial charge in [0.1, 0.15) is 0 Å². The van der Waals surface area contributed by atoms with Crippen LogP contribution in [0.3, 0.4) is 0 Å². The Morgan fingerprint density at radius 2 is 1.22 bits per heavy atom. The van der Waals surface area contributed by atoms with Crippen LogP contribution in [0.4, 0.5) is 0 Å². The third-order valence-corrected chi connectivity index (χ3v) is 7.41. The van der Waals surface area contributed by atoms with Crippen LogP contribution in [-0.4, -0.2) is 46.1 Å². The second-order valence-electron chi connectivity index (χ2n) is 11.4. The van der Waals surface area contributed by atoms with E-state index in [0.717, 1.165) is 25.7 Å². The third kappa shape index (κ3) is 28.2. The van der Waals surface area contributed by atoms with Crippen LogP contribution in [0.1, 0.15) is 149 Å². The molecule has 3 atom stereocenters. The molecule has 0 aliphatic heterocycles. The topological polar surface area (TPSA) is 89.8 Å². The van der Waals surface area contributed by atoms with Crippen LogP contribution < -0.4 is 5.32 Å². The van der Waals surface area contributed by atoms with Crippen LogP contribution in [-0.2, 0) is 4.79 Å². The molecule has 5 heteroatoms. The smallest absolute Gasteiger partial charge is 0.220 e. The highest BCUT2D eigenvalue weighted by Gasteiger charge is 2.18. The highest BCUT2D eigenvalue weighted by molar-refractivity contribution is 5.76. The molecule has 0 aromatic carbocycles. The van der Waals surface area contributed by atoms with Gasteiger partial charge in [0.25, 0.3) is 0 Å². The Morgan fingerprint density at radius 3 is 1.80 bits per heavy atom. The first-order chi connectivity index (χ1) is 20.0. The Bertz CT molecular complexity index is 685. The van der Waals surface area contributed by atoms with E-state index in [1.165, 1.54) is 89.9 Å². The fourth-order valence-corrected chi connectivity index (χ4v) is 4.71. The van der Waals surface area contributed by atoms with Gasteiger partial charge >= 0.3 is 0 Å². The molecule has 5 nitrogen and oxygen atoms in total. The van der Waals surface area contributed by atoms with Crippen LogP contribution >= 0.6 is 0 Å². The molecule has 0 bridgehead atoms. The molecular formula is C36H65NO4. The van der Waals surface area contributed by atoms with Gasteiger partial charge in [0.15, 0.2) is 0 Å². The molecule has 0 fully saturated rings. The summed E-state index contributed by atoms with van der Waals surface area (Å²) in [5.41, 5.74) is 0. The van der Waals surface area contributed by atoms with E-state index < -0.39 is 18.2 Å². The van der Waals surface area contributed by atoms with Crippen LogP contribution in [0, 0.1) is 0 Å². The highest BCUT2D eigenvalue weighted by Crippen LogP contribution is 2.11. The molecule has 0 rings (SSSR count). The van der Waals surface area contributed by atoms with Crippen molar-refractivity contribution in [1.82, 2.24) is 5.32 Å². The standard InChI is InChI=1S/C36H65NO4/c1-3-5-7-9-11-13-15-16-18-19-21-23-25-28-33(39)29-27-31-36(41)37-34(32-38)35(40)30-26-24-22-20-17-14-12-10-8-6-4-2/h16,18,21,23,25-26,28,30,33-35,38-40H,3-15,17,19-20,22,24,27,29,31-32H2,1-2H3,(H,37,41)/b18-16+,23-21+,28-25+,30-26+/t33?,34-,35+/m0/s1. The number of amides is 1. The lowest BCUT2D eigenvalue weighted by atomic mass is 10.1. The van der Waals surface area contributed by atoms with Gasteiger partial charge < -0.3 is 20.6 Å². The molecular weight excluding hydrogens is 510 g/mol. The number of aliphatic hydroxyl groups is 3. The van der Waals surface area contributed by atoms with Crippen molar-refractivity contribution >= 4 is 5.91 Å². The number of unbranched alkanes of at least 4 members (excludes halogenated alkanes) is 15. The fraction of sp³-hybridized carbons (Fsp3) is 0.750. The van der Waals surface area contributed by atoms with E-state index >= 15 is 0 Å². The number of hydrogen-bond donors (Lipinski definition) is 4. The first-order valence-electron chi connectivity index (χ1n) is 17.0. The zero-order valence-electron chi connectivity index (χ0n) is 26.7. The van der Waals surface area contributed by atoms with Crippen molar-refractivity contribution in [3.63, 3.8) is 0 Å². The molecule has 0 aromatic heterocycles. The maximum absolute atomic E-state index is 12.3. The minimum absolute atomic E-state index is 0.223. The van der Waals surface area contributed by atoms with Gasteiger partial charge in [-0.25, -0.2) is 0 Å². The van der Waals surface area contributed by atoms with Crippen LogP contribution in [0.5, 0.6) is 0 Å². The molecule has 1 amide bonds. The number of aliphatic hydroxyl groups excluding tert-OH is 3. The van der Waals surface area contributed by atoms with Crippen molar-refractivity contribution in [3.05, 3.63) is 48.6 Å². The molecule has 0 aromatic rings. The van der Waals surface area contributed by atoms with E-state index in [1.807, 2.05) is 18.2 Å². The number of carbonyl (C=O) groups excluding carboxylic acids is 1. The summed E-state index contributed by atoms with van der Waals surface area (Å²) in [6, 6.07) is -0.711. The van der Waals surface area contributed by atoms with E-state index in [0.29, 0.717) is 12.8 Å². The molecule has 238 valence electrons. The van der Waals surface area contributed by atoms with E-state index in [9.17, 15) is 20.1 Å². The van der Waals surface area contributed by atoms with Gasteiger partial charge in [0.2, 0.25) is 5.91 Å². The number of allylic oxidation sites excluding steroid dienone is 6. The molecule has 41 heavy (non-hydrogen) atoms. The summed E-state index contributed by atoms with van der Waals surface area (Å²) in [6.07, 6.45) is 37.9. The van der Waals surface area contributed by atoms with Crippen LogP contribution in [0.25, 0.3) is 0 Å².